The summed E-state index contributed by atoms with van der Waals surface area (Å²) in [6.07, 6.45) is 3.76. The molecular weight excluding hydrogens is 314 g/mol. The predicted octanol–water partition coefficient (Wildman–Crippen LogP) is 2.36. The summed E-state index contributed by atoms with van der Waals surface area (Å²) in [5.74, 6) is 1.25. The molecule has 1 heterocycles. The minimum absolute atomic E-state index is 0.0900. The Kier molecular flexibility index (Phi) is 6.32. The van der Waals surface area contributed by atoms with Crippen LogP contribution in [0.25, 0.3) is 0 Å². The van der Waals surface area contributed by atoms with Gasteiger partial charge in [0.05, 0.1) is 6.10 Å². The van der Waals surface area contributed by atoms with Gasteiger partial charge in [0.1, 0.15) is 0 Å². The van der Waals surface area contributed by atoms with Crippen molar-refractivity contribution in [2.75, 3.05) is 19.6 Å². The Bertz CT molecular complexity index is 549. The van der Waals surface area contributed by atoms with Crippen molar-refractivity contribution >= 4 is 6.03 Å². The SMILES string of the molecule is C[C@H](O)CCNC(=O)N[C@@H]1CCC[C@H]2CN(Cc3ccccc3)C[C@H]21. The number of aliphatic hydroxyl groups is 1. The normalized spacial score (nSPS) is 27.5. The van der Waals surface area contributed by atoms with Gasteiger partial charge in [-0.1, -0.05) is 36.8 Å². The zero-order chi connectivity index (χ0) is 17.6. The van der Waals surface area contributed by atoms with Crippen molar-refractivity contribution in [3.63, 3.8) is 0 Å². The summed E-state index contributed by atoms with van der Waals surface area (Å²) in [6.45, 7) is 5.47. The van der Waals surface area contributed by atoms with E-state index in [1.807, 2.05) is 0 Å². The van der Waals surface area contributed by atoms with Gasteiger partial charge in [-0.05, 0) is 43.6 Å². The smallest absolute Gasteiger partial charge is 0.315 e. The van der Waals surface area contributed by atoms with E-state index in [0.717, 1.165) is 26.1 Å². The Morgan fingerprint density at radius 1 is 1.28 bits per heavy atom. The lowest BCUT2D eigenvalue weighted by Gasteiger charge is -2.33. The van der Waals surface area contributed by atoms with Crippen LogP contribution in [0.3, 0.4) is 0 Å². The van der Waals surface area contributed by atoms with Gasteiger partial charge in [0, 0.05) is 32.2 Å². The van der Waals surface area contributed by atoms with Crippen LogP contribution in [-0.2, 0) is 6.54 Å². The first kappa shape index (κ1) is 18.2. The fourth-order valence-electron chi connectivity index (χ4n) is 4.33. The molecule has 5 nitrogen and oxygen atoms in total. The van der Waals surface area contributed by atoms with Crippen molar-refractivity contribution in [1.82, 2.24) is 15.5 Å². The van der Waals surface area contributed by atoms with Crippen molar-refractivity contribution < 1.29 is 9.90 Å². The number of amides is 2. The molecule has 25 heavy (non-hydrogen) atoms. The summed E-state index contributed by atoms with van der Waals surface area (Å²) in [7, 11) is 0. The van der Waals surface area contributed by atoms with Crippen LogP contribution in [0.5, 0.6) is 0 Å². The molecule has 2 fully saturated rings. The average Bonchev–Trinajstić information content (AvgIpc) is 2.99. The van der Waals surface area contributed by atoms with E-state index < -0.39 is 0 Å². The Morgan fingerprint density at radius 2 is 2.08 bits per heavy atom. The van der Waals surface area contributed by atoms with E-state index in [-0.39, 0.29) is 18.2 Å². The van der Waals surface area contributed by atoms with E-state index >= 15 is 0 Å². The molecule has 0 radical (unpaired) electrons. The van der Waals surface area contributed by atoms with Gasteiger partial charge in [-0.2, -0.15) is 0 Å². The fraction of sp³-hybridized carbons (Fsp3) is 0.650. The highest BCUT2D eigenvalue weighted by molar-refractivity contribution is 5.74. The second kappa shape index (κ2) is 8.68. The van der Waals surface area contributed by atoms with Crippen LogP contribution in [-0.4, -0.2) is 47.8 Å². The number of likely N-dealkylation sites (tertiary alicyclic amines) is 1. The van der Waals surface area contributed by atoms with Gasteiger partial charge >= 0.3 is 6.03 Å². The van der Waals surface area contributed by atoms with Gasteiger partial charge in [0.25, 0.3) is 0 Å². The van der Waals surface area contributed by atoms with Crippen LogP contribution in [0.2, 0.25) is 0 Å². The van der Waals surface area contributed by atoms with E-state index in [1.54, 1.807) is 6.92 Å². The van der Waals surface area contributed by atoms with Gasteiger partial charge in [-0.15, -0.1) is 0 Å². The summed E-state index contributed by atoms with van der Waals surface area (Å²) < 4.78 is 0. The number of benzene rings is 1. The second-order valence-electron chi connectivity index (χ2n) is 7.68. The standard InChI is InChI=1S/C20H31N3O2/c1-15(24)10-11-21-20(25)22-19-9-5-8-17-13-23(14-18(17)19)12-16-6-3-2-4-7-16/h2-4,6-7,15,17-19,24H,5,8-14H2,1H3,(H2,21,22,25)/t15-,17-,18+,19+/m0/s1. The molecule has 1 aliphatic heterocycles. The molecule has 1 saturated heterocycles. The second-order valence-corrected chi connectivity index (χ2v) is 7.68. The maximum absolute atomic E-state index is 12.1. The molecule has 0 spiro atoms. The minimum atomic E-state index is -0.374. The van der Waals surface area contributed by atoms with Crippen molar-refractivity contribution in [2.24, 2.45) is 11.8 Å². The largest absolute Gasteiger partial charge is 0.393 e. The first-order chi connectivity index (χ1) is 12.1. The van der Waals surface area contributed by atoms with E-state index in [2.05, 4.69) is 45.9 Å². The first-order valence-electron chi connectivity index (χ1n) is 9.60. The Balaban J connectivity index is 1.50. The molecule has 1 aliphatic carbocycles. The number of aliphatic hydroxyl groups excluding tert-OH is 1. The van der Waals surface area contributed by atoms with Gasteiger partial charge in [-0.25, -0.2) is 4.79 Å². The van der Waals surface area contributed by atoms with Gasteiger partial charge < -0.3 is 15.7 Å². The highest BCUT2D eigenvalue weighted by atomic mass is 16.3. The summed E-state index contributed by atoms with van der Waals surface area (Å²) in [4.78, 5) is 14.7. The summed E-state index contributed by atoms with van der Waals surface area (Å²) >= 11 is 0. The van der Waals surface area contributed by atoms with Crippen LogP contribution in [0.1, 0.15) is 38.2 Å². The monoisotopic (exact) mass is 345 g/mol. The minimum Gasteiger partial charge on any atom is -0.393 e. The molecule has 3 N–H and O–H groups in total. The molecule has 1 aromatic rings. The first-order valence-corrected chi connectivity index (χ1v) is 9.60. The summed E-state index contributed by atoms with van der Waals surface area (Å²) in [5, 5.41) is 15.3. The zero-order valence-electron chi connectivity index (χ0n) is 15.2. The molecule has 2 amide bonds. The topological polar surface area (TPSA) is 64.6 Å². The van der Waals surface area contributed by atoms with Crippen molar-refractivity contribution in [1.29, 1.82) is 0 Å². The third-order valence-electron chi connectivity index (χ3n) is 5.59. The molecule has 0 aromatic heterocycles. The van der Waals surface area contributed by atoms with E-state index in [0.29, 0.717) is 24.8 Å². The Hall–Kier alpha value is -1.59. The Labute approximate surface area is 150 Å². The van der Waals surface area contributed by atoms with Crippen molar-refractivity contribution in [3.05, 3.63) is 35.9 Å². The van der Waals surface area contributed by atoms with Crippen LogP contribution < -0.4 is 10.6 Å². The molecule has 138 valence electrons. The molecule has 5 heteroatoms. The van der Waals surface area contributed by atoms with Gasteiger partial charge in [-0.3, -0.25) is 4.90 Å². The molecule has 0 bridgehead atoms. The molecule has 3 rings (SSSR count). The fourth-order valence-corrected chi connectivity index (χ4v) is 4.33. The highest BCUT2D eigenvalue weighted by Crippen LogP contribution is 2.36. The number of hydrogen-bond donors (Lipinski definition) is 3. The lowest BCUT2D eigenvalue weighted by molar-refractivity contribution is 0.180. The zero-order valence-corrected chi connectivity index (χ0v) is 15.2. The lowest BCUT2D eigenvalue weighted by Crippen LogP contribution is -2.49. The maximum Gasteiger partial charge on any atom is 0.315 e. The van der Waals surface area contributed by atoms with Crippen molar-refractivity contribution in [2.45, 2.75) is 51.3 Å². The van der Waals surface area contributed by atoms with E-state index in [4.69, 9.17) is 0 Å². The van der Waals surface area contributed by atoms with E-state index in [9.17, 15) is 9.90 Å². The molecule has 0 unspecified atom stereocenters. The molecule has 2 aliphatic rings. The molecule has 1 aromatic carbocycles. The van der Waals surface area contributed by atoms with E-state index in [1.165, 1.54) is 18.4 Å². The molecular formula is C20H31N3O2. The number of hydrogen-bond acceptors (Lipinski definition) is 3. The summed E-state index contributed by atoms with van der Waals surface area (Å²) in [6, 6.07) is 10.8. The molecule has 1 saturated carbocycles. The van der Waals surface area contributed by atoms with Crippen LogP contribution in [0.15, 0.2) is 30.3 Å². The summed E-state index contributed by atoms with van der Waals surface area (Å²) in [5.41, 5.74) is 1.36. The molecule has 4 atom stereocenters. The number of urea groups is 1. The Morgan fingerprint density at radius 3 is 2.84 bits per heavy atom. The lowest BCUT2D eigenvalue weighted by atomic mass is 9.78. The number of carbonyl (C=O) groups is 1. The third kappa shape index (κ3) is 5.19. The van der Waals surface area contributed by atoms with Crippen LogP contribution in [0.4, 0.5) is 4.79 Å². The van der Waals surface area contributed by atoms with Crippen LogP contribution in [0, 0.1) is 11.8 Å². The number of nitrogens with one attached hydrogen (secondary N) is 2. The number of fused-ring (bicyclic) bond motifs is 1. The highest BCUT2D eigenvalue weighted by Gasteiger charge is 2.40. The average molecular weight is 345 g/mol. The number of carbonyl (C=O) groups excluding carboxylic acids is 1. The predicted molar refractivity (Wildman–Crippen MR) is 99.2 cm³/mol. The van der Waals surface area contributed by atoms with Gasteiger partial charge in [0.2, 0.25) is 0 Å². The maximum atomic E-state index is 12.1. The van der Waals surface area contributed by atoms with Gasteiger partial charge in [0.15, 0.2) is 0 Å². The quantitative estimate of drug-likeness (QED) is 0.742. The van der Waals surface area contributed by atoms with Crippen LogP contribution >= 0.6 is 0 Å². The third-order valence-corrected chi connectivity index (χ3v) is 5.59. The van der Waals surface area contributed by atoms with Crippen molar-refractivity contribution in [3.8, 4) is 0 Å². The number of rotatable bonds is 6. The number of nitrogens with zero attached hydrogens (tertiary/aromatic N) is 1.